The molecule has 1 heterocycles. The van der Waals surface area contributed by atoms with Crippen LogP contribution in [0.3, 0.4) is 0 Å². The van der Waals surface area contributed by atoms with Crippen LogP contribution >= 0.6 is 11.3 Å². The van der Waals surface area contributed by atoms with Gasteiger partial charge in [-0.15, -0.1) is 11.3 Å². The number of hydrogen-bond acceptors (Lipinski definition) is 4. The lowest BCUT2D eigenvalue weighted by Crippen LogP contribution is -2.33. The first-order valence-electron chi connectivity index (χ1n) is 4.75. The minimum absolute atomic E-state index is 0.147. The Bertz CT molecular complexity index is 282. The van der Waals surface area contributed by atoms with Crippen LogP contribution in [0.2, 0.25) is 0 Å². The van der Waals surface area contributed by atoms with Gasteiger partial charge in [0.25, 0.3) is 0 Å². The van der Waals surface area contributed by atoms with Crippen LogP contribution in [0.25, 0.3) is 0 Å². The summed E-state index contributed by atoms with van der Waals surface area (Å²) >= 11 is 1.54. The third-order valence-corrected chi connectivity index (χ3v) is 2.73. The maximum absolute atomic E-state index is 11.5. The van der Waals surface area contributed by atoms with Crippen LogP contribution in [-0.2, 0) is 11.2 Å². The Morgan fingerprint density at radius 1 is 1.64 bits per heavy atom. The Kier molecular flexibility index (Phi) is 4.22. The molecule has 0 saturated heterocycles. The molecule has 0 aromatic carbocycles. The molecular weight excluding hydrogens is 196 g/mol. The maximum atomic E-state index is 11.5. The van der Waals surface area contributed by atoms with Crippen molar-refractivity contribution in [3.05, 3.63) is 16.6 Å². The summed E-state index contributed by atoms with van der Waals surface area (Å²) in [5.41, 5.74) is 7.54. The van der Waals surface area contributed by atoms with Gasteiger partial charge in [-0.25, -0.2) is 0 Å². The minimum atomic E-state index is -0.363. The fraction of sp³-hybridized carbons (Fsp3) is 0.600. The summed E-state index contributed by atoms with van der Waals surface area (Å²) < 4.78 is 0. The van der Waals surface area contributed by atoms with Crippen LogP contribution < -0.4 is 5.73 Å². The second-order valence-corrected chi connectivity index (χ2v) is 4.81. The molecule has 1 aromatic heterocycles. The summed E-state index contributed by atoms with van der Waals surface area (Å²) in [7, 11) is 0. The smallest absolute Gasteiger partial charge is 0.150 e. The van der Waals surface area contributed by atoms with Gasteiger partial charge >= 0.3 is 0 Å². The van der Waals surface area contributed by atoms with Crippen molar-refractivity contribution < 1.29 is 4.79 Å². The van der Waals surface area contributed by atoms with Crippen LogP contribution in [0.5, 0.6) is 0 Å². The zero-order valence-electron chi connectivity index (χ0n) is 8.56. The molecule has 1 aromatic rings. The second kappa shape index (κ2) is 5.22. The van der Waals surface area contributed by atoms with E-state index in [1.54, 1.807) is 23.0 Å². The summed E-state index contributed by atoms with van der Waals surface area (Å²) in [6.07, 6.45) is 2.96. The van der Waals surface area contributed by atoms with Crippen molar-refractivity contribution in [1.82, 2.24) is 4.98 Å². The van der Waals surface area contributed by atoms with Crippen LogP contribution in [0.1, 0.15) is 25.1 Å². The molecule has 0 amide bonds. The normalized spacial score (nSPS) is 13.1. The van der Waals surface area contributed by atoms with Gasteiger partial charge < -0.3 is 5.73 Å². The lowest BCUT2D eigenvalue weighted by atomic mass is 10.0. The van der Waals surface area contributed by atoms with E-state index in [-0.39, 0.29) is 11.8 Å². The average molecular weight is 212 g/mol. The Morgan fingerprint density at radius 2 is 2.36 bits per heavy atom. The molecule has 0 fully saturated rings. The molecule has 0 aliphatic rings. The number of nitrogens with two attached hydrogens (primary N) is 1. The SMILES string of the molecule is CC(C)CC(=O)C(N)Cc1cncs1. The predicted molar refractivity (Wildman–Crippen MR) is 58.3 cm³/mol. The summed E-state index contributed by atoms with van der Waals surface area (Å²) in [4.78, 5) is 16.6. The van der Waals surface area contributed by atoms with Crippen molar-refractivity contribution in [3.63, 3.8) is 0 Å². The van der Waals surface area contributed by atoms with Gasteiger partial charge in [0, 0.05) is 23.9 Å². The number of carbonyl (C=O) groups is 1. The Balaban J connectivity index is 2.42. The highest BCUT2D eigenvalue weighted by Gasteiger charge is 2.15. The Morgan fingerprint density at radius 3 is 2.86 bits per heavy atom. The quantitative estimate of drug-likeness (QED) is 0.807. The lowest BCUT2D eigenvalue weighted by Gasteiger charge is -2.10. The highest BCUT2D eigenvalue weighted by atomic mass is 32.1. The van der Waals surface area contributed by atoms with Gasteiger partial charge in [-0.1, -0.05) is 13.8 Å². The second-order valence-electron chi connectivity index (χ2n) is 3.84. The van der Waals surface area contributed by atoms with Gasteiger partial charge in [0.15, 0.2) is 0 Å². The first-order valence-corrected chi connectivity index (χ1v) is 5.63. The van der Waals surface area contributed by atoms with Gasteiger partial charge in [-0.2, -0.15) is 0 Å². The molecule has 14 heavy (non-hydrogen) atoms. The molecule has 0 saturated carbocycles. The standard InChI is InChI=1S/C10H16N2OS/c1-7(2)3-10(13)9(11)4-8-5-12-6-14-8/h5-7,9H,3-4,11H2,1-2H3. The molecule has 78 valence electrons. The number of ketones is 1. The van der Waals surface area contributed by atoms with Crippen LogP contribution in [0.4, 0.5) is 0 Å². The van der Waals surface area contributed by atoms with Gasteiger partial charge in [-0.05, 0) is 5.92 Å². The van der Waals surface area contributed by atoms with Gasteiger partial charge in [0.05, 0.1) is 11.6 Å². The van der Waals surface area contributed by atoms with Crippen LogP contribution in [0, 0.1) is 5.92 Å². The summed E-state index contributed by atoms with van der Waals surface area (Å²) in [6.45, 7) is 4.05. The summed E-state index contributed by atoms with van der Waals surface area (Å²) in [5.74, 6) is 0.531. The van der Waals surface area contributed by atoms with E-state index < -0.39 is 0 Å². The molecule has 4 heteroatoms. The van der Waals surface area contributed by atoms with Crippen LogP contribution in [0.15, 0.2) is 11.7 Å². The largest absolute Gasteiger partial charge is 0.321 e. The van der Waals surface area contributed by atoms with Crippen molar-refractivity contribution in [3.8, 4) is 0 Å². The molecule has 0 bridgehead atoms. The van der Waals surface area contributed by atoms with Crippen molar-refractivity contribution in [2.24, 2.45) is 11.7 Å². The van der Waals surface area contributed by atoms with E-state index in [4.69, 9.17) is 5.73 Å². The molecule has 0 radical (unpaired) electrons. The van der Waals surface area contributed by atoms with Crippen molar-refractivity contribution in [2.75, 3.05) is 0 Å². The zero-order valence-corrected chi connectivity index (χ0v) is 9.38. The Labute approximate surface area is 88.3 Å². The van der Waals surface area contributed by atoms with E-state index in [1.807, 2.05) is 13.8 Å². The monoisotopic (exact) mass is 212 g/mol. The highest BCUT2D eigenvalue weighted by molar-refractivity contribution is 7.09. The molecule has 1 rings (SSSR count). The summed E-state index contributed by atoms with van der Waals surface area (Å²) in [5, 5.41) is 0. The fourth-order valence-corrected chi connectivity index (χ4v) is 1.88. The van der Waals surface area contributed by atoms with Crippen molar-refractivity contribution in [2.45, 2.75) is 32.7 Å². The average Bonchev–Trinajstić information content (AvgIpc) is 2.55. The number of aromatic nitrogens is 1. The molecule has 3 nitrogen and oxygen atoms in total. The fourth-order valence-electron chi connectivity index (χ4n) is 1.23. The lowest BCUT2D eigenvalue weighted by molar-refractivity contribution is -0.120. The van der Waals surface area contributed by atoms with Crippen molar-refractivity contribution in [1.29, 1.82) is 0 Å². The number of thiazole rings is 1. The maximum Gasteiger partial charge on any atom is 0.150 e. The first-order chi connectivity index (χ1) is 6.59. The molecule has 0 aliphatic heterocycles. The highest BCUT2D eigenvalue weighted by Crippen LogP contribution is 2.10. The first kappa shape index (κ1) is 11.3. The molecule has 1 unspecified atom stereocenters. The molecular formula is C10H16N2OS. The zero-order chi connectivity index (χ0) is 10.6. The minimum Gasteiger partial charge on any atom is -0.321 e. The van der Waals surface area contributed by atoms with Gasteiger partial charge in [-0.3, -0.25) is 9.78 Å². The summed E-state index contributed by atoms with van der Waals surface area (Å²) in [6, 6.07) is -0.363. The van der Waals surface area contributed by atoms with E-state index in [1.165, 1.54) is 0 Å². The third-order valence-electron chi connectivity index (χ3n) is 1.93. The number of Topliss-reactive ketones (excluding diaryl/α,β-unsaturated/α-hetero) is 1. The molecule has 2 N–H and O–H groups in total. The number of rotatable bonds is 5. The van der Waals surface area contributed by atoms with Gasteiger partial charge in [0.2, 0.25) is 0 Å². The molecule has 0 spiro atoms. The topological polar surface area (TPSA) is 56.0 Å². The van der Waals surface area contributed by atoms with E-state index in [2.05, 4.69) is 4.98 Å². The predicted octanol–water partition coefficient (Wildman–Crippen LogP) is 1.63. The van der Waals surface area contributed by atoms with E-state index in [0.717, 1.165) is 4.88 Å². The van der Waals surface area contributed by atoms with E-state index in [0.29, 0.717) is 18.8 Å². The van der Waals surface area contributed by atoms with Crippen molar-refractivity contribution >= 4 is 17.1 Å². The molecule has 1 atom stereocenters. The van der Waals surface area contributed by atoms with E-state index in [9.17, 15) is 4.79 Å². The number of hydrogen-bond donors (Lipinski definition) is 1. The van der Waals surface area contributed by atoms with Crippen LogP contribution in [-0.4, -0.2) is 16.8 Å². The van der Waals surface area contributed by atoms with E-state index >= 15 is 0 Å². The number of nitrogens with zero attached hydrogens (tertiary/aromatic N) is 1. The van der Waals surface area contributed by atoms with Gasteiger partial charge in [0.1, 0.15) is 5.78 Å². The third kappa shape index (κ3) is 3.55. The Hall–Kier alpha value is -0.740. The molecule has 0 aliphatic carbocycles. The number of carbonyl (C=O) groups excluding carboxylic acids is 1.